The number of H-pyrrole nitrogens is 1. The molecule has 0 saturated carbocycles. The van der Waals surface area contributed by atoms with Crippen LogP contribution in [0.4, 0.5) is 0 Å². The maximum Gasteiger partial charge on any atom is 0.352 e. The molecule has 1 aromatic heterocycles. The summed E-state index contributed by atoms with van der Waals surface area (Å²) in [5.74, 6) is -1.40. The molecule has 4 heterocycles. The third-order valence-corrected chi connectivity index (χ3v) is 5.48. The summed E-state index contributed by atoms with van der Waals surface area (Å²) in [6.45, 7) is 5.20. The average molecular weight is 363 g/mol. The number of carboxylic acids is 1. The molecule has 3 fully saturated rings. The molecule has 0 radical (unpaired) electrons. The highest BCUT2D eigenvalue weighted by atomic mass is 16.5. The van der Waals surface area contributed by atoms with E-state index in [0.29, 0.717) is 43.1 Å². The topological polar surface area (TPSA) is 103 Å². The number of hydrogen-bond donors (Lipinski definition) is 2. The van der Waals surface area contributed by atoms with Crippen LogP contribution in [0.1, 0.15) is 44.9 Å². The molecule has 1 aromatic rings. The number of carboxylic acid groups (broad SMARTS) is 1. The normalized spacial score (nSPS) is 22.7. The smallest absolute Gasteiger partial charge is 0.352 e. The summed E-state index contributed by atoms with van der Waals surface area (Å²) in [4.78, 5) is 43.5. The van der Waals surface area contributed by atoms with E-state index >= 15 is 0 Å². The predicted molar refractivity (Wildman–Crippen MR) is 93.2 cm³/mol. The van der Waals surface area contributed by atoms with E-state index in [1.807, 2.05) is 4.90 Å². The summed E-state index contributed by atoms with van der Waals surface area (Å²) in [5.41, 5.74) is 1.43. The monoisotopic (exact) mass is 363 g/mol. The van der Waals surface area contributed by atoms with Gasteiger partial charge in [-0.1, -0.05) is 0 Å². The number of carbonyl (C=O) groups excluding carboxylic acids is 2. The van der Waals surface area contributed by atoms with Crippen molar-refractivity contribution < 1.29 is 24.2 Å². The fraction of sp³-hybridized carbons (Fsp3) is 0.611. The highest BCUT2D eigenvalue weighted by Gasteiger charge is 2.42. The zero-order chi connectivity index (χ0) is 19.0. The Bertz CT molecular complexity index is 741. The Balaban J connectivity index is 1.86. The second kappa shape index (κ2) is 7.11. The van der Waals surface area contributed by atoms with Crippen LogP contribution < -0.4 is 0 Å². The fourth-order valence-electron chi connectivity index (χ4n) is 4.13. The van der Waals surface area contributed by atoms with Gasteiger partial charge in [-0.15, -0.1) is 0 Å². The van der Waals surface area contributed by atoms with Crippen LogP contribution in [-0.4, -0.2) is 77.1 Å². The minimum absolute atomic E-state index is 0.0150. The van der Waals surface area contributed by atoms with Gasteiger partial charge < -0.3 is 24.6 Å². The van der Waals surface area contributed by atoms with Crippen LogP contribution in [0.5, 0.6) is 0 Å². The summed E-state index contributed by atoms with van der Waals surface area (Å²) in [7, 11) is 1.61. The number of piperidine rings is 1. The van der Waals surface area contributed by atoms with Crippen molar-refractivity contribution in [1.29, 1.82) is 0 Å². The van der Waals surface area contributed by atoms with Crippen molar-refractivity contribution in [2.45, 2.75) is 32.7 Å². The molecule has 2 amide bonds. The summed E-state index contributed by atoms with van der Waals surface area (Å²) < 4.78 is 5.11. The largest absolute Gasteiger partial charge is 0.477 e. The van der Waals surface area contributed by atoms with Crippen molar-refractivity contribution in [2.24, 2.45) is 5.92 Å². The van der Waals surface area contributed by atoms with Crippen molar-refractivity contribution >= 4 is 17.8 Å². The molecule has 0 aliphatic carbocycles. The number of hydrogen-bond acceptors (Lipinski definition) is 4. The third kappa shape index (κ3) is 3.09. The molecule has 142 valence electrons. The molecular formula is C18H25N3O5. The molecule has 2 atom stereocenters. The molecule has 26 heavy (non-hydrogen) atoms. The number of amides is 2. The van der Waals surface area contributed by atoms with Crippen LogP contribution in [0.2, 0.25) is 0 Å². The number of fused-ring (bicyclic) bond motifs is 4. The van der Waals surface area contributed by atoms with Crippen molar-refractivity contribution in [3.05, 3.63) is 22.5 Å². The zero-order valence-corrected chi connectivity index (χ0v) is 15.4. The van der Waals surface area contributed by atoms with E-state index in [4.69, 9.17) is 4.74 Å². The molecule has 2 bridgehead atoms. The van der Waals surface area contributed by atoms with E-state index < -0.39 is 5.97 Å². The van der Waals surface area contributed by atoms with Gasteiger partial charge in [0.25, 0.3) is 5.91 Å². The van der Waals surface area contributed by atoms with E-state index in [-0.39, 0.29) is 29.5 Å². The lowest BCUT2D eigenvalue weighted by Gasteiger charge is -2.35. The maximum atomic E-state index is 13.1. The number of ether oxygens (including phenoxy) is 1. The number of aromatic carboxylic acids is 1. The molecule has 0 unspecified atom stereocenters. The Labute approximate surface area is 152 Å². The Kier molecular flexibility index (Phi) is 5.04. The number of nitrogens with one attached hydrogen (secondary N) is 1. The van der Waals surface area contributed by atoms with Gasteiger partial charge >= 0.3 is 5.97 Å². The van der Waals surface area contributed by atoms with Gasteiger partial charge in [0.15, 0.2) is 0 Å². The standard InChI is InChI=1S/C18H25N3O5/c1-10-14(11(2)19-15(10)18(24)25)17(23)20-8-12-4-5-13(9-20)21(16(12)22)6-7-26-3/h12-13,19H,4-9H2,1-3H3,(H,24,25)/t12-,13+/m1/s1. The Morgan fingerprint density at radius 3 is 2.62 bits per heavy atom. The molecular weight excluding hydrogens is 338 g/mol. The summed E-state index contributed by atoms with van der Waals surface area (Å²) in [5, 5.41) is 9.27. The first-order valence-corrected chi connectivity index (χ1v) is 8.86. The highest BCUT2D eigenvalue weighted by molar-refractivity contribution is 6.01. The molecule has 2 N–H and O–H groups in total. The van der Waals surface area contributed by atoms with Crippen LogP contribution in [0, 0.1) is 19.8 Å². The number of carbonyl (C=O) groups is 3. The van der Waals surface area contributed by atoms with Gasteiger partial charge in [-0.2, -0.15) is 0 Å². The number of aryl methyl sites for hydroxylation is 1. The molecule has 8 heteroatoms. The zero-order valence-electron chi connectivity index (χ0n) is 15.4. The first kappa shape index (κ1) is 18.4. The van der Waals surface area contributed by atoms with Crippen LogP contribution in [0.25, 0.3) is 0 Å². The Morgan fingerprint density at radius 1 is 1.27 bits per heavy atom. The van der Waals surface area contributed by atoms with Crippen LogP contribution in [0.15, 0.2) is 0 Å². The maximum absolute atomic E-state index is 13.1. The van der Waals surface area contributed by atoms with Crippen LogP contribution in [-0.2, 0) is 9.53 Å². The lowest BCUT2D eigenvalue weighted by Crippen LogP contribution is -2.49. The number of rotatable bonds is 5. The summed E-state index contributed by atoms with van der Waals surface area (Å²) in [6, 6.07) is -0.0150. The van der Waals surface area contributed by atoms with Gasteiger partial charge in [-0.3, -0.25) is 9.59 Å². The molecule has 3 aliphatic rings. The highest BCUT2D eigenvalue weighted by Crippen LogP contribution is 2.31. The van der Waals surface area contributed by atoms with Gasteiger partial charge in [0, 0.05) is 38.5 Å². The number of aromatic amines is 1. The quantitative estimate of drug-likeness (QED) is 0.814. The Morgan fingerprint density at radius 2 is 2.00 bits per heavy atom. The van der Waals surface area contributed by atoms with Crippen molar-refractivity contribution in [3.8, 4) is 0 Å². The Hall–Kier alpha value is -2.35. The van der Waals surface area contributed by atoms with Crippen LogP contribution >= 0.6 is 0 Å². The van der Waals surface area contributed by atoms with Crippen molar-refractivity contribution in [3.63, 3.8) is 0 Å². The first-order chi connectivity index (χ1) is 12.3. The van der Waals surface area contributed by atoms with Gasteiger partial charge in [0.1, 0.15) is 5.69 Å². The minimum Gasteiger partial charge on any atom is -0.477 e. The molecule has 3 saturated heterocycles. The summed E-state index contributed by atoms with van der Waals surface area (Å²) >= 11 is 0. The average Bonchev–Trinajstić information content (AvgIpc) is 2.75. The number of methoxy groups -OCH3 is 1. The van der Waals surface area contributed by atoms with E-state index in [0.717, 1.165) is 12.8 Å². The predicted octanol–water partition coefficient (Wildman–Crippen LogP) is 1.04. The van der Waals surface area contributed by atoms with Crippen LogP contribution in [0.3, 0.4) is 0 Å². The number of nitrogens with zero attached hydrogens (tertiary/aromatic N) is 2. The van der Waals surface area contributed by atoms with E-state index in [1.165, 1.54) is 0 Å². The van der Waals surface area contributed by atoms with E-state index in [9.17, 15) is 19.5 Å². The van der Waals surface area contributed by atoms with Gasteiger partial charge in [-0.05, 0) is 32.3 Å². The second-order valence-electron chi connectivity index (χ2n) is 7.09. The molecule has 4 rings (SSSR count). The first-order valence-electron chi connectivity index (χ1n) is 8.86. The third-order valence-electron chi connectivity index (χ3n) is 5.48. The van der Waals surface area contributed by atoms with Gasteiger partial charge in [-0.25, -0.2) is 4.79 Å². The lowest BCUT2D eigenvalue weighted by molar-refractivity contribution is -0.140. The van der Waals surface area contributed by atoms with Gasteiger partial charge in [0.2, 0.25) is 5.91 Å². The SMILES string of the molecule is COCCN1C(=O)[C@@H]2CC[C@H]1CN(C(=O)c1c(C)[nH]c(C(=O)O)c1C)C2. The fourth-order valence-corrected chi connectivity index (χ4v) is 4.13. The molecule has 8 nitrogen and oxygen atoms in total. The molecule has 0 spiro atoms. The molecule has 0 aromatic carbocycles. The van der Waals surface area contributed by atoms with Crippen molar-refractivity contribution in [1.82, 2.24) is 14.8 Å². The van der Waals surface area contributed by atoms with E-state index in [2.05, 4.69) is 4.98 Å². The van der Waals surface area contributed by atoms with Gasteiger partial charge in [0.05, 0.1) is 18.1 Å². The number of aromatic nitrogens is 1. The minimum atomic E-state index is -1.08. The summed E-state index contributed by atoms with van der Waals surface area (Å²) in [6.07, 6.45) is 1.65. The molecule has 3 aliphatic heterocycles. The van der Waals surface area contributed by atoms with E-state index in [1.54, 1.807) is 25.9 Å². The second-order valence-corrected chi connectivity index (χ2v) is 7.09. The van der Waals surface area contributed by atoms with Crippen molar-refractivity contribution in [2.75, 3.05) is 33.4 Å². The lowest BCUT2D eigenvalue weighted by atomic mass is 9.94.